The Bertz CT molecular complexity index is 43.3. The molecule has 0 N–H and O–H groups in total. The minimum Gasteiger partial charge on any atom is -0.114 e. The van der Waals surface area contributed by atoms with Crippen LogP contribution in [0.3, 0.4) is 0 Å². The summed E-state index contributed by atoms with van der Waals surface area (Å²) >= 11 is 0. The molecule has 0 aromatic heterocycles. The monoisotopic (exact) mass is 182 g/mol. The summed E-state index contributed by atoms with van der Waals surface area (Å²) in [4.78, 5) is 0. The first kappa shape index (κ1) is 10.6. The van der Waals surface area contributed by atoms with Crippen LogP contribution in [0.5, 0.6) is 0 Å². The molecule has 0 aromatic carbocycles. The zero-order chi connectivity index (χ0) is 4.99. The van der Waals surface area contributed by atoms with E-state index < -0.39 is 0 Å². The third-order valence-corrected chi connectivity index (χ3v) is 1.48. The largest absolute Gasteiger partial charge is 0.114 e. The minimum atomic E-state index is 0. The fourth-order valence-electron chi connectivity index (χ4n) is 0.258. The SMILES string of the molecule is Br.C=CCP(C)C. The van der Waals surface area contributed by atoms with E-state index in [-0.39, 0.29) is 24.9 Å². The summed E-state index contributed by atoms with van der Waals surface area (Å²) in [7, 11) is 0.281. The molecule has 0 rings (SSSR count). The Hall–Kier alpha value is 0.650. The summed E-state index contributed by atoms with van der Waals surface area (Å²) in [5.74, 6) is 0. The van der Waals surface area contributed by atoms with Crippen LogP contribution in [0.25, 0.3) is 0 Å². The second-order valence-electron chi connectivity index (χ2n) is 1.55. The molecule has 0 saturated heterocycles. The number of allylic oxidation sites excluding steroid dienone is 1. The molecule has 44 valence electrons. The van der Waals surface area contributed by atoms with Gasteiger partial charge in [-0.1, -0.05) is 6.08 Å². The van der Waals surface area contributed by atoms with Gasteiger partial charge in [0.1, 0.15) is 0 Å². The van der Waals surface area contributed by atoms with E-state index in [1.165, 1.54) is 6.16 Å². The lowest BCUT2D eigenvalue weighted by atomic mass is 10.8. The van der Waals surface area contributed by atoms with Crippen LogP contribution in [0.4, 0.5) is 0 Å². The van der Waals surface area contributed by atoms with Crippen molar-refractivity contribution in [3.63, 3.8) is 0 Å². The lowest BCUT2D eigenvalue weighted by Crippen LogP contribution is -1.68. The maximum atomic E-state index is 3.62. The highest BCUT2D eigenvalue weighted by molar-refractivity contribution is 8.93. The zero-order valence-electron chi connectivity index (χ0n) is 4.85. The van der Waals surface area contributed by atoms with Gasteiger partial charge < -0.3 is 0 Å². The van der Waals surface area contributed by atoms with Gasteiger partial charge in [-0.3, -0.25) is 0 Å². The Morgan fingerprint density at radius 3 is 2.00 bits per heavy atom. The molecule has 0 fully saturated rings. The summed E-state index contributed by atoms with van der Waals surface area (Å²) in [5.41, 5.74) is 0. The van der Waals surface area contributed by atoms with Gasteiger partial charge in [-0.15, -0.1) is 31.5 Å². The Labute approximate surface area is 57.5 Å². The molecule has 2 heteroatoms. The van der Waals surface area contributed by atoms with E-state index in [2.05, 4.69) is 19.9 Å². The maximum absolute atomic E-state index is 3.62. The molecule has 0 bridgehead atoms. The highest BCUT2D eigenvalue weighted by Crippen LogP contribution is 2.22. The standard InChI is InChI=1S/C5H11P.BrH/c1-4-5-6(2)3;/h4H,1,5H2,2-3H3;1H. The first-order valence-electron chi connectivity index (χ1n) is 2.03. The lowest BCUT2D eigenvalue weighted by Gasteiger charge is -1.94. The van der Waals surface area contributed by atoms with Crippen LogP contribution in [0.1, 0.15) is 0 Å². The number of halogens is 1. The summed E-state index contributed by atoms with van der Waals surface area (Å²) in [5, 5.41) is 0. The molecule has 0 aromatic rings. The van der Waals surface area contributed by atoms with Crippen LogP contribution in [0, 0.1) is 0 Å². The normalized spacial score (nSPS) is 7.86. The molecular formula is C5H12BrP. The number of rotatable bonds is 2. The predicted molar refractivity (Wildman–Crippen MR) is 44.2 cm³/mol. The number of hydrogen-bond donors (Lipinski definition) is 0. The predicted octanol–water partition coefficient (Wildman–Crippen LogP) is 2.49. The summed E-state index contributed by atoms with van der Waals surface area (Å²) in [6.45, 7) is 8.11. The van der Waals surface area contributed by atoms with E-state index in [4.69, 9.17) is 0 Å². The topological polar surface area (TPSA) is 0 Å². The van der Waals surface area contributed by atoms with Crippen molar-refractivity contribution < 1.29 is 0 Å². The molecule has 0 nitrogen and oxygen atoms in total. The molecule has 0 heterocycles. The summed E-state index contributed by atoms with van der Waals surface area (Å²) in [6, 6.07) is 0. The van der Waals surface area contributed by atoms with E-state index in [9.17, 15) is 0 Å². The maximum Gasteiger partial charge on any atom is -0.0152 e. The van der Waals surface area contributed by atoms with Crippen LogP contribution < -0.4 is 0 Å². The number of hydrogen-bond acceptors (Lipinski definition) is 0. The van der Waals surface area contributed by atoms with Gasteiger partial charge in [-0.2, -0.15) is 0 Å². The van der Waals surface area contributed by atoms with Crippen molar-refractivity contribution in [1.29, 1.82) is 0 Å². The van der Waals surface area contributed by atoms with Crippen molar-refractivity contribution in [2.75, 3.05) is 19.5 Å². The van der Waals surface area contributed by atoms with E-state index >= 15 is 0 Å². The molecule has 0 amide bonds. The molecule has 0 saturated carbocycles. The van der Waals surface area contributed by atoms with E-state index in [1.54, 1.807) is 0 Å². The van der Waals surface area contributed by atoms with Gasteiger partial charge in [-0.25, -0.2) is 0 Å². The third kappa shape index (κ3) is 10.8. The third-order valence-electron chi connectivity index (χ3n) is 0.494. The molecule has 0 aliphatic carbocycles. The Morgan fingerprint density at radius 2 is 2.00 bits per heavy atom. The van der Waals surface area contributed by atoms with Crippen LogP contribution in [-0.2, 0) is 0 Å². The highest BCUT2D eigenvalue weighted by atomic mass is 79.9. The van der Waals surface area contributed by atoms with Gasteiger partial charge in [0.25, 0.3) is 0 Å². The first-order chi connectivity index (χ1) is 2.77. The van der Waals surface area contributed by atoms with Gasteiger partial charge >= 0.3 is 0 Å². The average Bonchev–Trinajstić information content (AvgIpc) is 1.35. The summed E-state index contributed by atoms with van der Waals surface area (Å²) in [6.07, 6.45) is 3.18. The Balaban J connectivity index is 0. The van der Waals surface area contributed by atoms with Crippen molar-refractivity contribution in [2.45, 2.75) is 0 Å². The van der Waals surface area contributed by atoms with Crippen LogP contribution >= 0.6 is 24.9 Å². The van der Waals surface area contributed by atoms with Gasteiger partial charge in [0.05, 0.1) is 0 Å². The van der Waals surface area contributed by atoms with Crippen molar-refractivity contribution in [1.82, 2.24) is 0 Å². The minimum absolute atomic E-state index is 0. The molecule has 0 aliphatic heterocycles. The van der Waals surface area contributed by atoms with Gasteiger partial charge in [0, 0.05) is 0 Å². The van der Waals surface area contributed by atoms with Crippen molar-refractivity contribution in [2.24, 2.45) is 0 Å². The average molecular weight is 183 g/mol. The molecule has 0 spiro atoms. The Kier molecular flexibility index (Phi) is 10.1. The smallest absolute Gasteiger partial charge is 0.0152 e. The fourth-order valence-corrected chi connectivity index (χ4v) is 0.775. The fraction of sp³-hybridized carbons (Fsp3) is 0.600. The Morgan fingerprint density at radius 1 is 1.57 bits per heavy atom. The zero-order valence-corrected chi connectivity index (χ0v) is 7.45. The molecular weight excluding hydrogens is 171 g/mol. The first-order valence-corrected chi connectivity index (χ1v) is 4.45. The molecule has 0 unspecified atom stereocenters. The summed E-state index contributed by atoms with van der Waals surface area (Å²) < 4.78 is 0. The van der Waals surface area contributed by atoms with Gasteiger partial charge in [-0.05, 0) is 19.5 Å². The molecule has 0 atom stereocenters. The second-order valence-corrected chi connectivity index (χ2v) is 4.08. The van der Waals surface area contributed by atoms with Crippen LogP contribution in [0.15, 0.2) is 12.7 Å². The molecule has 0 aliphatic rings. The van der Waals surface area contributed by atoms with Gasteiger partial charge in [0.15, 0.2) is 0 Å². The molecule has 0 radical (unpaired) electrons. The quantitative estimate of drug-likeness (QED) is 0.455. The van der Waals surface area contributed by atoms with Crippen LogP contribution in [-0.4, -0.2) is 19.5 Å². The van der Waals surface area contributed by atoms with E-state index in [1.807, 2.05) is 6.08 Å². The van der Waals surface area contributed by atoms with Crippen molar-refractivity contribution in [3.8, 4) is 0 Å². The lowest BCUT2D eigenvalue weighted by molar-refractivity contribution is 1.76. The van der Waals surface area contributed by atoms with Crippen molar-refractivity contribution in [3.05, 3.63) is 12.7 Å². The second kappa shape index (κ2) is 6.65. The van der Waals surface area contributed by atoms with Crippen molar-refractivity contribution >= 4 is 24.9 Å². The van der Waals surface area contributed by atoms with Gasteiger partial charge in [0.2, 0.25) is 0 Å². The van der Waals surface area contributed by atoms with Crippen LogP contribution in [0.2, 0.25) is 0 Å². The van der Waals surface area contributed by atoms with E-state index in [0.717, 1.165) is 0 Å². The highest BCUT2D eigenvalue weighted by Gasteiger charge is 1.81. The van der Waals surface area contributed by atoms with E-state index in [0.29, 0.717) is 0 Å². The molecule has 7 heavy (non-hydrogen) atoms.